The van der Waals surface area contributed by atoms with Crippen LogP contribution in [0.4, 0.5) is 18.9 Å². The quantitative estimate of drug-likeness (QED) is 0.873. The molecule has 0 saturated heterocycles. The predicted octanol–water partition coefficient (Wildman–Crippen LogP) is 2.87. The molecule has 0 saturated carbocycles. The lowest BCUT2D eigenvalue weighted by Crippen LogP contribution is -2.27. The third kappa shape index (κ3) is 3.96. The highest BCUT2D eigenvalue weighted by molar-refractivity contribution is 6.03. The lowest BCUT2D eigenvalue weighted by Gasteiger charge is -2.22. The normalized spacial score (nSPS) is 17.1. The Morgan fingerprint density at radius 1 is 1.24 bits per heavy atom. The van der Waals surface area contributed by atoms with Gasteiger partial charge in [-0.2, -0.15) is 13.2 Å². The number of hydrogen-bond acceptors (Lipinski definition) is 4. The van der Waals surface area contributed by atoms with E-state index in [1.54, 1.807) is 6.07 Å². The molecule has 1 aromatic carbocycles. The van der Waals surface area contributed by atoms with Crippen molar-refractivity contribution in [3.05, 3.63) is 52.6 Å². The fourth-order valence-electron chi connectivity index (χ4n) is 2.87. The van der Waals surface area contributed by atoms with Crippen LogP contribution in [0.3, 0.4) is 0 Å². The van der Waals surface area contributed by atoms with Crippen molar-refractivity contribution in [3.63, 3.8) is 0 Å². The Labute approximate surface area is 142 Å². The van der Waals surface area contributed by atoms with Crippen molar-refractivity contribution in [3.8, 4) is 0 Å². The number of nitrogens with zero attached hydrogens (tertiary/aromatic N) is 2. The Balaban J connectivity index is 1.82. The van der Waals surface area contributed by atoms with Gasteiger partial charge in [-0.05, 0) is 55.5 Å². The van der Waals surface area contributed by atoms with Gasteiger partial charge >= 0.3 is 6.18 Å². The number of nitrogens with two attached hydrogens (primary N) is 1. The van der Waals surface area contributed by atoms with Crippen molar-refractivity contribution in [1.29, 1.82) is 0 Å². The standard InChI is InChI=1S/C17H17F3N4O/c1-9-6-14(24-16(22-9)17(18,19)20)15(25)23-13-5-3-10-7-12(21)4-2-11(10)8-13/h3,5-6,8,12H,2,4,7,21H2,1H3,(H,23,25). The number of carbonyl (C=O) groups is 1. The van der Waals surface area contributed by atoms with Gasteiger partial charge in [0.25, 0.3) is 5.91 Å². The zero-order chi connectivity index (χ0) is 18.2. The summed E-state index contributed by atoms with van der Waals surface area (Å²) in [6.45, 7) is 1.38. The van der Waals surface area contributed by atoms with E-state index in [1.165, 1.54) is 13.0 Å². The van der Waals surface area contributed by atoms with Gasteiger partial charge in [-0.15, -0.1) is 0 Å². The molecule has 0 fully saturated rings. The van der Waals surface area contributed by atoms with Crippen LogP contribution in [-0.4, -0.2) is 21.9 Å². The van der Waals surface area contributed by atoms with Gasteiger partial charge in [-0.25, -0.2) is 9.97 Å². The smallest absolute Gasteiger partial charge is 0.327 e. The molecule has 0 spiro atoms. The summed E-state index contributed by atoms with van der Waals surface area (Å²) >= 11 is 0. The number of anilines is 1. The number of benzene rings is 1. The Morgan fingerprint density at radius 3 is 2.72 bits per heavy atom. The van der Waals surface area contributed by atoms with Crippen molar-refractivity contribution in [2.45, 2.75) is 38.4 Å². The molecule has 1 aliphatic carbocycles. The van der Waals surface area contributed by atoms with Gasteiger partial charge in [-0.3, -0.25) is 4.79 Å². The molecule has 3 N–H and O–H groups in total. The largest absolute Gasteiger partial charge is 0.451 e. The molecule has 5 nitrogen and oxygen atoms in total. The van der Waals surface area contributed by atoms with Gasteiger partial charge < -0.3 is 11.1 Å². The minimum atomic E-state index is -4.70. The number of aromatic nitrogens is 2. The first-order valence-electron chi connectivity index (χ1n) is 7.84. The third-order valence-electron chi connectivity index (χ3n) is 4.07. The second kappa shape index (κ2) is 6.44. The van der Waals surface area contributed by atoms with Crippen LogP contribution in [0.15, 0.2) is 24.3 Å². The summed E-state index contributed by atoms with van der Waals surface area (Å²) in [5.74, 6) is -2.03. The molecule has 1 aromatic heterocycles. The van der Waals surface area contributed by atoms with Gasteiger partial charge in [0.05, 0.1) is 0 Å². The highest BCUT2D eigenvalue weighted by Gasteiger charge is 2.35. The zero-order valence-corrected chi connectivity index (χ0v) is 13.5. The van der Waals surface area contributed by atoms with Gasteiger partial charge in [0.15, 0.2) is 0 Å². The zero-order valence-electron chi connectivity index (χ0n) is 13.5. The Bertz CT molecular complexity index is 820. The fourth-order valence-corrected chi connectivity index (χ4v) is 2.87. The van der Waals surface area contributed by atoms with Gasteiger partial charge in [0, 0.05) is 17.4 Å². The van der Waals surface area contributed by atoms with Crippen molar-refractivity contribution in [2.75, 3.05) is 5.32 Å². The number of alkyl halides is 3. The SMILES string of the molecule is Cc1cc(C(=O)Nc2ccc3c(c2)CCC(N)C3)nc(C(F)(F)F)n1. The fraction of sp³-hybridized carbons (Fsp3) is 0.353. The number of nitrogens with one attached hydrogen (secondary N) is 1. The van der Waals surface area contributed by atoms with E-state index >= 15 is 0 Å². The molecule has 3 rings (SSSR count). The molecule has 132 valence electrons. The molecule has 1 aliphatic rings. The van der Waals surface area contributed by atoms with Crippen molar-refractivity contribution >= 4 is 11.6 Å². The maximum absolute atomic E-state index is 12.8. The van der Waals surface area contributed by atoms with E-state index in [0.29, 0.717) is 5.69 Å². The molecule has 1 amide bonds. The van der Waals surface area contributed by atoms with Crippen LogP contribution < -0.4 is 11.1 Å². The number of amides is 1. The van der Waals surface area contributed by atoms with Crippen LogP contribution in [0.1, 0.15) is 39.6 Å². The van der Waals surface area contributed by atoms with Crippen molar-refractivity contribution < 1.29 is 18.0 Å². The van der Waals surface area contributed by atoms with Crippen LogP contribution in [0, 0.1) is 6.92 Å². The monoisotopic (exact) mass is 350 g/mol. The number of halogens is 3. The summed E-state index contributed by atoms with van der Waals surface area (Å²) in [4.78, 5) is 18.9. The van der Waals surface area contributed by atoms with Gasteiger partial charge in [0.1, 0.15) is 5.69 Å². The van der Waals surface area contributed by atoms with Gasteiger partial charge in [0.2, 0.25) is 5.82 Å². The minimum absolute atomic E-state index is 0.0758. The summed E-state index contributed by atoms with van der Waals surface area (Å²) in [5, 5.41) is 2.60. The minimum Gasteiger partial charge on any atom is -0.327 e. The molecule has 25 heavy (non-hydrogen) atoms. The molecular formula is C17H17F3N4O. The number of aryl methyl sites for hydroxylation is 2. The lowest BCUT2D eigenvalue weighted by molar-refractivity contribution is -0.145. The molecule has 0 radical (unpaired) electrons. The highest BCUT2D eigenvalue weighted by atomic mass is 19.4. The topological polar surface area (TPSA) is 80.9 Å². The highest BCUT2D eigenvalue weighted by Crippen LogP contribution is 2.27. The van der Waals surface area contributed by atoms with Crippen LogP contribution in [0.2, 0.25) is 0 Å². The second-order valence-electron chi connectivity index (χ2n) is 6.16. The molecule has 1 atom stereocenters. The molecule has 0 bridgehead atoms. The van der Waals surface area contributed by atoms with E-state index < -0.39 is 17.9 Å². The van der Waals surface area contributed by atoms with E-state index in [4.69, 9.17) is 5.73 Å². The first-order valence-corrected chi connectivity index (χ1v) is 7.84. The summed E-state index contributed by atoms with van der Waals surface area (Å²) < 4.78 is 38.4. The number of fused-ring (bicyclic) bond motifs is 1. The molecule has 2 aromatic rings. The van der Waals surface area contributed by atoms with E-state index in [0.717, 1.165) is 30.4 Å². The van der Waals surface area contributed by atoms with Crippen LogP contribution in [0.25, 0.3) is 0 Å². The Hall–Kier alpha value is -2.48. The first kappa shape index (κ1) is 17.3. The number of rotatable bonds is 2. The summed E-state index contributed by atoms with van der Waals surface area (Å²) in [7, 11) is 0. The van der Waals surface area contributed by atoms with E-state index in [2.05, 4.69) is 15.3 Å². The predicted molar refractivity (Wildman–Crippen MR) is 86.2 cm³/mol. The summed E-state index contributed by atoms with van der Waals surface area (Å²) in [5.41, 5.74) is 8.43. The van der Waals surface area contributed by atoms with E-state index in [9.17, 15) is 18.0 Å². The third-order valence-corrected chi connectivity index (χ3v) is 4.07. The maximum Gasteiger partial charge on any atom is 0.451 e. The number of hydrogen-bond donors (Lipinski definition) is 2. The molecule has 0 aliphatic heterocycles. The average Bonchev–Trinajstić information content (AvgIpc) is 2.53. The average molecular weight is 350 g/mol. The summed E-state index contributed by atoms with van der Waals surface area (Å²) in [6.07, 6.45) is -2.25. The lowest BCUT2D eigenvalue weighted by atomic mass is 9.88. The molecule has 1 heterocycles. The van der Waals surface area contributed by atoms with Crippen LogP contribution in [0.5, 0.6) is 0 Å². The number of carbonyl (C=O) groups excluding carboxylic acids is 1. The molecular weight excluding hydrogens is 333 g/mol. The van der Waals surface area contributed by atoms with Crippen molar-refractivity contribution in [1.82, 2.24) is 9.97 Å². The maximum atomic E-state index is 12.8. The molecule has 1 unspecified atom stereocenters. The Morgan fingerprint density at radius 2 is 2.00 bits per heavy atom. The molecule has 8 heteroatoms. The van der Waals surface area contributed by atoms with Crippen molar-refractivity contribution in [2.24, 2.45) is 5.73 Å². The first-order chi connectivity index (χ1) is 11.7. The van der Waals surface area contributed by atoms with E-state index in [-0.39, 0.29) is 17.4 Å². The summed E-state index contributed by atoms with van der Waals surface area (Å²) in [6, 6.07) is 6.79. The second-order valence-corrected chi connectivity index (χ2v) is 6.16. The van der Waals surface area contributed by atoms with Crippen LogP contribution >= 0.6 is 0 Å². The van der Waals surface area contributed by atoms with Crippen LogP contribution in [-0.2, 0) is 19.0 Å². The Kier molecular flexibility index (Phi) is 4.47. The van der Waals surface area contributed by atoms with Gasteiger partial charge in [-0.1, -0.05) is 6.07 Å². The van der Waals surface area contributed by atoms with E-state index in [1.807, 2.05) is 12.1 Å².